The second-order valence-corrected chi connectivity index (χ2v) is 2.64. The van der Waals surface area contributed by atoms with E-state index in [-0.39, 0.29) is 0 Å². The fourth-order valence-corrected chi connectivity index (χ4v) is 1.00. The minimum atomic E-state index is 0.323. The normalized spacial score (nSPS) is 10.8. The van der Waals surface area contributed by atoms with Gasteiger partial charge in [0.2, 0.25) is 0 Å². The van der Waals surface area contributed by atoms with E-state index in [4.69, 9.17) is 9.52 Å². The SMILES string of the molecule is CC(C)c1occc1C[OH2+]. The van der Waals surface area contributed by atoms with E-state index in [0.29, 0.717) is 12.5 Å². The highest BCUT2D eigenvalue weighted by molar-refractivity contribution is 5.18. The molecule has 1 aromatic rings. The van der Waals surface area contributed by atoms with Crippen molar-refractivity contribution < 1.29 is 9.52 Å². The van der Waals surface area contributed by atoms with E-state index in [1.807, 2.05) is 6.07 Å². The van der Waals surface area contributed by atoms with Gasteiger partial charge in [-0.3, -0.25) is 0 Å². The first-order chi connectivity index (χ1) is 4.75. The van der Waals surface area contributed by atoms with Crippen molar-refractivity contribution in [3.8, 4) is 0 Å². The first kappa shape index (κ1) is 7.35. The molecule has 2 N–H and O–H groups in total. The van der Waals surface area contributed by atoms with Crippen LogP contribution in [-0.4, -0.2) is 5.11 Å². The van der Waals surface area contributed by atoms with Crippen molar-refractivity contribution in [2.45, 2.75) is 26.4 Å². The van der Waals surface area contributed by atoms with Crippen molar-refractivity contribution >= 4 is 0 Å². The van der Waals surface area contributed by atoms with Crippen LogP contribution in [0.2, 0.25) is 0 Å². The average molecular weight is 141 g/mol. The fraction of sp³-hybridized carbons (Fsp3) is 0.500. The first-order valence-electron chi connectivity index (χ1n) is 3.46. The number of furan rings is 1. The highest BCUT2D eigenvalue weighted by Crippen LogP contribution is 2.19. The van der Waals surface area contributed by atoms with Crippen LogP contribution in [0.5, 0.6) is 0 Å². The molecule has 0 saturated heterocycles. The number of rotatable bonds is 2. The van der Waals surface area contributed by atoms with Crippen molar-refractivity contribution in [3.63, 3.8) is 0 Å². The van der Waals surface area contributed by atoms with Gasteiger partial charge >= 0.3 is 0 Å². The molecule has 0 aliphatic carbocycles. The second-order valence-electron chi connectivity index (χ2n) is 2.64. The first-order valence-corrected chi connectivity index (χ1v) is 3.46. The summed E-state index contributed by atoms with van der Waals surface area (Å²) in [6, 6.07) is 1.86. The van der Waals surface area contributed by atoms with Gasteiger partial charge < -0.3 is 9.52 Å². The molecule has 2 nitrogen and oxygen atoms in total. The molecule has 1 heterocycles. The Labute approximate surface area is 60.5 Å². The maximum atomic E-state index is 7.13. The third kappa shape index (κ3) is 1.21. The third-order valence-corrected chi connectivity index (χ3v) is 1.50. The van der Waals surface area contributed by atoms with E-state index in [1.165, 1.54) is 0 Å². The van der Waals surface area contributed by atoms with Crippen LogP contribution in [0, 0.1) is 0 Å². The van der Waals surface area contributed by atoms with E-state index in [0.717, 1.165) is 11.3 Å². The predicted molar refractivity (Wildman–Crippen MR) is 40.1 cm³/mol. The zero-order valence-electron chi connectivity index (χ0n) is 6.35. The smallest absolute Gasteiger partial charge is 0.173 e. The maximum absolute atomic E-state index is 7.13. The van der Waals surface area contributed by atoms with Crippen LogP contribution in [0.1, 0.15) is 31.1 Å². The Morgan fingerprint density at radius 2 is 2.30 bits per heavy atom. The van der Waals surface area contributed by atoms with Gasteiger partial charge in [0.1, 0.15) is 5.76 Å². The van der Waals surface area contributed by atoms with Crippen LogP contribution >= 0.6 is 0 Å². The second kappa shape index (κ2) is 2.88. The van der Waals surface area contributed by atoms with Crippen molar-refractivity contribution in [2.24, 2.45) is 0 Å². The molecule has 0 saturated carbocycles. The molecule has 0 amide bonds. The third-order valence-electron chi connectivity index (χ3n) is 1.50. The van der Waals surface area contributed by atoms with Crippen LogP contribution < -0.4 is 0 Å². The van der Waals surface area contributed by atoms with Gasteiger partial charge in [-0.15, -0.1) is 0 Å². The summed E-state index contributed by atoms with van der Waals surface area (Å²) >= 11 is 0. The molecule has 0 spiro atoms. The predicted octanol–water partition coefficient (Wildman–Crippen LogP) is 1.63. The van der Waals surface area contributed by atoms with E-state index in [2.05, 4.69) is 13.8 Å². The van der Waals surface area contributed by atoms with Crippen LogP contribution in [-0.2, 0) is 6.61 Å². The van der Waals surface area contributed by atoms with Gasteiger partial charge in [-0.1, -0.05) is 13.8 Å². The van der Waals surface area contributed by atoms with Gasteiger partial charge in [0.25, 0.3) is 0 Å². The quantitative estimate of drug-likeness (QED) is 0.576. The standard InChI is InChI=1S/C8H12O2/c1-6(2)8-7(5-9)3-4-10-8/h3-4,6,9H,5H2,1-2H3/p+1. The van der Waals surface area contributed by atoms with Crippen LogP contribution in [0.15, 0.2) is 16.7 Å². The molecule has 2 heteroatoms. The van der Waals surface area contributed by atoms with Gasteiger partial charge in [-0.05, 0) is 6.07 Å². The molecule has 56 valence electrons. The monoisotopic (exact) mass is 141 g/mol. The van der Waals surface area contributed by atoms with Crippen LogP contribution in [0.25, 0.3) is 0 Å². The van der Waals surface area contributed by atoms with Crippen LogP contribution in [0.3, 0.4) is 0 Å². The summed E-state index contributed by atoms with van der Waals surface area (Å²) in [5.74, 6) is 1.35. The highest BCUT2D eigenvalue weighted by Gasteiger charge is 2.09. The Kier molecular flexibility index (Phi) is 2.12. The molecule has 0 bridgehead atoms. The van der Waals surface area contributed by atoms with Gasteiger partial charge in [0.05, 0.1) is 11.8 Å². The zero-order chi connectivity index (χ0) is 7.56. The lowest BCUT2D eigenvalue weighted by molar-refractivity contribution is 0.277. The van der Waals surface area contributed by atoms with Crippen molar-refractivity contribution in [1.29, 1.82) is 0 Å². The van der Waals surface area contributed by atoms with E-state index in [9.17, 15) is 0 Å². The summed E-state index contributed by atoms with van der Waals surface area (Å²) in [7, 11) is 0. The van der Waals surface area contributed by atoms with Crippen molar-refractivity contribution in [2.75, 3.05) is 0 Å². The summed E-state index contributed by atoms with van der Waals surface area (Å²) in [4.78, 5) is 0. The average Bonchev–Trinajstić information content (AvgIpc) is 2.33. The van der Waals surface area contributed by atoms with Crippen molar-refractivity contribution in [1.82, 2.24) is 0 Å². The lowest BCUT2D eigenvalue weighted by Gasteiger charge is -1.99. The highest BCUT2D eigenvalue weighted by atomic mass is 16.3. The molecule has 1 rings (SSSR count). The maximum Gasteiger partial charge on any atom is 0.173 e. The Balaban J connectivity index is 2.90. The van der Waals surface area contributed by atoms with Gasteiger partial charge in [-0.2, -0.15) is 0 Å². The molecule has 0 unspecified atom stereocenters. The van der Waals surface area contributed by atoms with Gasteiger partial charge in [0, 0.05) is 5.92 Å². The molecule has 0 aliphatic rings. The Hall–Kier alpha value is -0.760. The molecular weight excluding hydrogens is 128 g/mol. The van der Waals surface area contributed by atoms with Crippen molar-refractivity contribution in [3.05, 3.63) is 23.7 Å². The Morgan fingerprint density at radius 1 is 1.60 bits per heavy atom. The largest absolute Gasteiger partial charge is 0.468 e. The minimum Gasteiger partial charge on any atom is -0.468 e. The molecule has 10 heavy (non-hydrogen) atoms. The summed E-state index contributed by atoms with van der Waals surface area (Å²) in [5, 5.41) is 7.13. The molecule has 0 radical (unpaired) electrons. The number of hydrogen-bond donors (Lipinski definition) is 0. The molecule has 0 fully saturated rings. The summed E-state index contributed by atoms with van der Waals surface area (Å²) < 4.78 is 5.20. The Morgan fingerprint density at radius 3 is 2.70 bits per heavy atom. The molecule has 1 aromatic heterocycles. The molecule has 0 atom stereocenters. The zero-order valence-corrected chi connectivity index (χ0v) is 6.35. The summed E-state index contributed by atoms with van der Waals surface area (Å²) in [6.07, 6.45) is 1.65. The van der Waals surface area contributed by atoms with E-state index in [1.54, 1.807) is 6.26 Å². The lowest BCUT2D eigenvalue weighted by atomic mass is 10.1. The van der Waals surface area contributed by atoms with Gasteiger partial charge in [-0.25, -0.2) is 0 Å². The van der Waals surface area contributed by atoms with Crippen LogP contribution in [0.4, 0.5) is 0 Å². The Bertz CT molecular complexity index is 201. The molecule has 0 aromatic carbocycles. The molecular formula is C8H13O2+. The fourth-order valence-electron chi connectivity index (χ4n) is 1.00. The topological polar surface area (TPSA) is 36.0 Å². The van der Waals surface area contributed by atoms with E-state index >= 15 is 0 Å². The van der Waals surface area contributed by atoms with E-state index < -0.39 is 0 Å². The molecule has 0 aliphatic heterocycles. The lowest BCUT2D eigenvalue weighted by Crippen LogP contribution is -1.90. The number of hydrogen-bond acceptors (Lipinski definition) is 1. The minimum absolute atomic E-state index is 0.323. The van der Waals surface area contributed by atoms with Gasteiger partial charge in [0.15, 0.2) is 6.61 Å². The summed E-state index contributed by atoms with van der Waals surface area (Å²) in [6.45, 7) is 4.46. The summed E-state index contributed by atoms with van der Waals surface area (Å²) in [5.41, 5.74) is 1.01.